The summed E-state index contributed by atoms with van der Waals surface area (Å²) in [7, 11) is 1.57. The highest BCUT2D eigenvalue weighted by atomic mass is 16.6. The molecule has 2 aromatic heterocycles. The fraction of sp³-hybridized carbons (Fsp3) is 0.316. The molecule has 0 aliphatic heterocycles. The quantitative estimate of drug-likeness (QED) is 0.777. The summed E-state index contributed by atoms with van der Waals surface area (Å²) in [6.07, 6.45) is 5.00. The van der Waals surface area contributed by atoms with E-state index in [-0.39, 0.29) is 0 Å². The van der Waals surface area contributed by atoms with Gasteiger partial charge in [-0.3, -0.25) is 0 Å². The second-order valence-electron chi connectivity index (χ2n) is 6.85. The minimum absolute atomic E-state index is 0.368. The Morgan fingerprint density at radius 2 is 2.12 bits per heavy atom. The van der Waals surface area contributed by atoms with E-state index in [0.29, 0.717) is 18.1 Å². The van der Waals surface area contributed by atoms with Crippen molar-refractivity contribution in [1.82, 2.24) is 19.7 Å². The summed E-state index contributed by atoms with van der Waals surface area (Å²) in [4.78, 5) is 20.6. The summed E-state index contributed by atoms with van der Waals surface area (Å²) in [6, 6.07) is 7.80. The molecule has 0 aliphatic carbocycles. The maximum atomic E-state index is 11.8. The van der Waals surface area contributed by atoms with Crippen LogP contribution in [0.25, 0.3) is 16.9 Å². The molecule has 0 saturated heterocycles. The molecular formula is C19H22N4O3. The predicted molar refractivity (Wildman–Crippen MR) is 98.0 cm³/mol. The van der Waals surface area contributed by atoms with Gasteiger partial charge < -0.3 is 19.2 Å². The van der Waals surface area contributed by atoms with Crippen LogP contribution in [0.3, 0.4) is 0 Å². The Morgan fingerprint density at radius 1 is 1.31 bits per heavy atom. The number of fused-ring (bicyclic) bond motifs is 1. The van der Waals surface area contributed by atoms with Gasteiger partial charge in [-0.2, -0.15) is 0 Å². The molecule has 0 radical (unpaired) electrons. The van der Waals surface area contributed by atoms with Crippen molar-refractivity contribution in [2.75, 3.05) is 7.11 Å². The number of benzene rings is 1. The first-order valence-electron chi connectivity index (χ1n) is 8.29. The molecule has 26 heavy (non-hydrogen) atoms. The third kappa shape index (κ3) is 4.11. The number of carbonyl (C=O) groups excluding carboxylic acids is 1. The zero-order valence-electron chi connectivity index (χ0n) is 15.3. The highest BCUT2D eigenvalue weighted by Crippen LogP contribution is 2.24. The third-order valence-electron chi connectivity index (χ3n) is 3.60. The first-order chi connectivity index (χ1) is 12.4. The average Bonchev–Trinajstić information content (AvgIpc) is 3.06. The van der Waals surface area contributed by atoms with Crippen molar-refractivity contribution < 1.29 is 14.3 Å². The fourth-order valence-corrected chi connectivity index (χ4v) is 2.51. The Kier molecular flexibility index (Phi) is 4.79. The normalized spacial score (nSPS) is 11.4. The van der Waals surface area contributed by atoms with Gasteiger partial charge >= 0.3 is 6.09 Å². The summed E-state index contributed by atoms with van der Waals surface area (Å²) < 4.78 is 12.5. The van der Waals surface area contributed by atoms with Crippen LogP contribution in [-0.2, 0) is 11.3 Å². The molecule has 7 heteroatoms. The number of alkyl carbamates (subject to hydrolysis) is 1. The number of methoxy groups -OCH3 is 1. The van der Waals surface area contributed by atoms with E-state index in [1.807, 2.05) is 61.8 Å². The van der Waals surface area contributed by atoms with E-state index in [2.05, 4.69) is 15.3 Å². The highest BCUT2D eigenvalue weighted by Gasteiger charge is 2.16. The number of aromatic nitrogens is 3. The highest BCUT2D eigenvalue weighted by molar-refractivity contribution is 5.68. The van der Waals surface area contributed by atoms with Crippen LogP contribution >= 0.6 is 0 Å². The monoisotopic (exact) mass is 354 g/mol. The molecule has 0 atom stereocenters. The molecule has 0 bridgehead atoms. The van der Waals surface area contributed by atoms with E-state index in [9.17, 15) is 4.79 Å². The SMILES string of the molecule is COc1nc(-c2cccc(CNC(=O)OC(C)(C)C)c2)cn2ccnc12. The van der Waals surface area contributed by atoms with Crippen LogP contribution in [0.15, 0.2) is 42.9 Å². The Balaban J connectivity index is 1.80. The number of nitrogens with zero attached hydrogens (tertiary/aromatic N) is 3. The van der Waals surface area contributed by atoms with E-state index >= 15 is 0 Å². The molecule has 0 aliphatic rings. The summed E-state index contributed by atoms with van der Waals surface area (Å²) in [5.41, 5.74) is 2.76. The second kappa shape index (κ2) is 7.03. The molecule has 7 nitrogen and oxygen atoms in total. The number of amides is 1. The molecule has 1 amide bonds. The van der Waals surface area contributed by atoms with Crippen LogP contribution in [0.4, 0.5) is 4.79 Å². The van der Waals surface area contributed by atoms with Crippen LogP contribution in [-0.4, -0.2) is 33.2 Å². The van der Waals surface area contributed by atoms with Crippen LogP contribution < -0.4 is 10.1 Å². The maximum absolute atomic E-state index is 11.8. The molecule has 2 heterocycles. The first-order valence-corrected chi connectivity index (χ1v) is 8.29. The fourth-order valence-electron chi connectivity index (χ4n) is 2.51. The van der Waals surface area contributed by atoms with Crippen molar-refractivity contribution in [3.05, 3.63) is 48.4 Å². The predicted octanol–water partition coefficient (Wildman–Crippen LogP) is 3.43. The minimum Gasteiger partial charge on any atom is -0.478 e. The van der Waals surface area contributed by atoms with Crippen molar-refractivity contribution in [3.8, 4) is 17.1 Å². The van der Waals surface area contributed by atoms with Gasteiger partial charge in [-0.25, -0.2) is 14.8 Å². The molecular weight excluding hydrogens is 332 g/mol. The van der Waals surface area contributed by atoms with E-state index < -0.39 is 11.7 Å². The second-order valence-corrected chi connectivity index (χ2v) is 6.85. The van der Waals surface area contributed by atoms with Gasteiger partial charge in [-0.15, -0.1) is 0 Å². The summed E-state index contributed by atoms with van der Waals surface area (Å²) >= 11 is 0. The van der Waals surface area contributed by atoms with Gasteiger partial charge in [-0.05, 0) is 32.4 Å². The van der Waals surface area contributed by atoms with E-state index in [4.69, 9.17) is 9.47 Å². The van der Waals surface area contributed by atoms with Gasteiger partial charge in [0.25, 0.3) is 5.88 Å². The molecule has 3 rings (SSSR count). The molecule has 1 aromatic carbocycles. The lowest BCUT2D eigenvalue weighted by atomic mass is 10.1. The van der Waals surface area contributed by atoms with E-state index in [1.165, 1.54) is 0 Å². The number of nitrogens with one attached hydrogen (secondary N) is 1. The van der Waals surface area contributed by atoms with Crippen molar-refractivity contribution in [3.63, 3.8) is 0 Å². The number of hydrogen-bond donors (Lipinski definition) is 1. The molecule has 0 unspecified atom stereocenters. The van der Waals surface area contributed by atoms with Crippen molar-refractivity contribution >= 4 is 11.7 Å². The Bertz CT molecular complexity index is 928. The van der Waals surface area contributed by atoms with Crippen LogP contribution in [0.2, 0.25) is 0 Å². The largest absolute Gasteiger partial charge is 0.478 e. The Labute approximate surface area is 152 Å². The van der Waals surface area contributed by atoms with Gasteiger partial charge in [0, 0.05) is 30.7 Å². The van der Waals surface area contributed by atoms with Gasteiger partial charge in [0.15, 0.2) is 5.65 Å². The zero-order valence-corrected chi connectivity index (χ0v) is 15.3. The number of rotatable bonds is 4. The lowest BCUT2D eigenvalue weighted by Gasteiger charge is -2.19. The first kappa shape index (κ1) is 17.7. The number of hydrogen-bond acceptors (Lipinski definition) is 5. The number of carbonyl (C=O) groups is 1. The molecule has 3 aromatic rings. The van der Waals surface area contributed by atoms with E-state index in [0.717, 1.165) is 16.8 Å². The third-order valence-corrected chi connectivity index (χ3v) is 3.60. The Hall–Kier alpha value is -3.09. The van der Waals surface area contributed by atoms with Gasteiger partial charge in [0.2, 0.25) is 0 Å². The van der Waals surface area contributed by atoms with Crippen molar-refractivity contribution in [1.29, 1.82) is 0 Å². The number of ether oxygens (including phenoxy) is 2. The lowest BCUT2D eigenvalue weighted by Crippen LogP contribution is -2.32. The molecule has 136 valence electrons. The Morgan fingerprint density at radius 3 is 2.85 bits per heavy atom. The van der Waals surface area contributed by atoms with Crippen LogP contribution in [0.5, 0.6) is 5.88 Å². The van der Waals surface area contributed by atoms with E-state index in [1.54, 1.807) is 13.3 Å². The summed E-state index contributed by atoms with van der Waals surface area (Å²) in [6.45, 7) is 5.86. The van der Waals surface area contributed by atoms with Crippen molar-refractivity contribution in [2.45, 2.75) is 32.9 Å². The summed E-state index contributed by atoms with van der Waals surface area (Å²) in [5, 5.41) is 2.76. The van der Waals surface area contributed by atoms with Gasteiger partial charge in [0.1, 0.15) is 5.60 Å². The molecule has 0 saturated carbocycles. The minimum atomic E-state index is -0.521. The van der Waals surface area contributed by atoms with Crippen molar-refractivity contribution in [2.24, 2.45) is 0 Å². The zero-order chi connectivity index (χ0) is 18.7. The lowest BCUT2D eigenvalue weighted by molar-refractivity contribution is 0.0523. The maximum Gasteiger partial charge on any atom is 0.407 e. The van der Waals surface area contributed by atoms with Crippen LogP contribution in [0.1, 0.15) is 26.3 Å². The van der Waals surface area contributed by atoms with Gasteiger partial charge in [-0.1, -0.05) is 18.2 Å². The standard InChI is InChI=1S/C19H22N4O3/c1-19(2,3)26-18(24)21-11-13-6-5-7-14(10-13)15-12-23-9-8-20-16(23)17(22-15)25-4/h5-10,12H,11H2,1-4H3,(H,21,24). The number of imidazole rings is 1. The molecule has 0 spiro atoms. The van der Waals surface area contributed by atoms with Crippen LogP contribution in [0, 0.1) is 0 Å². The van der Waals surface area contributed by atoms with Gasteiger partial charge in [0.05, 0.1) is 12.8 Å². The average molecular weight is 354 g/mol. The molecule has 0 fully saturated rings. The molecule has 1 N–H and O–H groups in total. The summed E-state index contributed by atoms with van der Waals surface area (Å²) in [5.74, 6) is 0.463. The topological polar surface area (TPSA) is 77.8 Å². The smallest absolute Gasteiger partial charge is 0.407 e.